The topological polar surface area (TPSA) is 75.7 Å². The predicted molar refractivity (Wildman–Crippen MR) is 104 cm³/mol. The molecule has 26 heavy (non-hydrogen) atoms. The van der Waals surface area contributed by atoms with Gasteiger partial charge >= 0.3 is 5.97 Å². The summed E-state index contributed by atoms with van der Waals surface area (Å²) in [6, 6.07) is 9.24. The largest absolute Gasteiger partial charge is 0.451 e. The zero-order valence-corrected chi connectivity index (χ0v) is 16.4. The van der Waals surface area contributed by atoms with Crippen LogP contribution in [-0.4, -0.2) is 49.1 Å². The summed E-state index contributed by atoms with van der Waals surface area (Å²) in [5, 5.41) is 4.57. The van der Waals surface area contributed by atoms with Crippen LogP contribution in [0.4, 0.5) is 5.69 Å². The molecule has 1 aromatic heterocycles. The minimum absolute atomic E-state index is 0.128. The van der Waals surface area contributed by atoms with Crippen LogP contribution in [0.1, 0.15) is 15.2 Å². The molecule has 1 N–H and O–H groups in total. The molecule has 0 atom stereocenters. The lowest BCUT2D eigenvalue weighted by Gasteiger charge is -2.17. The molecule has 0 aliphatic rings. The zero-order valence-electron chi connectivity index (χ0n) is 14.8. The summed E-state index contributed by atoms with van der Waals surface area (Å²) in [7, 11) is 1.49. The fraction of sp³-hybridized carbons (Fsp3) is 0.278. The Labute approximate surface area is 160 Å². The van der Waals surface area contributed by atoms with E-state index in [0.717, 1.165) is 10.5 Å². The summed E-state index contributed by atoms with van der Waals surface area (Å²) in [4.78, 5) is 38.8. The standard InChI is InChI=1S/C18H20N2O4S2/c1-12-8-9-26-17(12)18(23)24-11-16(22)20(2)10-15(21)19-13-6-4-5-7-14(13)25-3/h4-9H,10-11H2,1-3H3,(H,19,21). The Kier molecular flexibility index (Phi) is 7.23. The minimum atomic E-state index is -0.530. The molecule has 1 aromatic carbocycles. The highest BCUT2D eigenvalue weighted by Gasteiger charge is 2.18. The summed E-state index contributed by atoms with van der Waals surface area (Å²) in [5.41, 5.74) is 1.51. The number of esters is 1. The third kappa shape index (κ3) is 5.34. The predicted octanol–water partition coefficient (Wildman–Crippen LogP) is 3.03. The highest BCUT2D eigenvalue weighted by molar-refractivity contribution is 7.98. The van der Waals surface area contributed by atoms with Gasteiger partial charge in [0.15, 0.2) is 6.61 Å². The van der Waals surface area contributed by atoms with E-state index in [4.69, 9.17) is 4.74 Å². The van der Waals surface area contributed by atoms with E-state index < -0.39 is 18.5 Å². The van der Waals surface area contributed by atoms with Gasteiger partial charge in [-0.1, -0.05) is 12.1 Å². The number of nitrogens with one attached hydrogen (secondary N) is 1. The van der Waals surface area contributed by atoms with E-state index in [1.54, 1.807) is 18.4 Å². The number of hydrogen-bond donors (Lipinski definition) is 1. The maximum Gasteiger partial charge on any atom is 0.349 e. The van der Waals surface area contributed by atoms with E-state index in [1.165, 1.54) is 35.0 Å². The summed E-state index contributed by atoms with van der Waals surface area (Å²) in [5.74, 6) is -1.29. The Balaban J connectivity index is 1.83. The van der Waals surface area contributed by atoms with Gasteiger partial charge < -0.3 is 15.0 Å². The minimum Gasteiger partial charge on any atom is -0.451 e. The van der Waals surface area contributed by atoms with Gasteiger partial charge in [0.1, 0.15) is 4.88 Å². The fourth-order valence-electron chi connectivity index (χ4n) is 2.13. The molecule has 0 saturated heterocycles. The molecule has 0 aliphatic carbocycles. The molecule has 0 saturated carbocycles. The smallest absolute Gasteiger partial charge is 0.349 e. The Morgan fingerprint density at radius 3 is 2.62 bits per heavy atom. The van der Waals surface area contributed by atoms with E-state index in [1.807, 2.05) is 30.5 Å². The summed E-state index contributed by atoms with van der Waals surface area (Å²) in [6.07, 6.45) is 1.92. The average molecular weight is 393 g/mol. The third-order valence-corrected chi connectivity index (χ3v) is 5.35. The molecule has 0 fully saturated rings. The normalized spacial score (nSPS) is 10.3. The Morgan fingerprint density at radius 2 is 1.96 bits per heavy atom. The van der Waals surface area contributed by atoms with Crippen LogP contribution in [-0.2, 0) is 14.3 Å². The number of aryl methyl sites for hydroxylation is 1. The number of carbonyl (C=O) groups is 3. The first kappa shape index (κ1) is 20.0. The van der Waals surface area contributed by atoms with E-state index in [-0.39, 0.29) is 12.5 Å². The van der Waals surface area contributed by atoms with Crippen LogP contribution in [0.5, 0.6) is 0 Å². The quantitative estimate of drug-likeness (QED) is 0.579. The van der Waals surface area contributed by atoms with Gasteiger partial charge in [-0.2, -0.15) is 0 Å². The molecule has 0 spiro atoms. The maximum atomic E-state index is 12.1. The van der Waals surface area contributed by atoms with Crippen molar-refractivity contribution in [2.24, 2.45) is 0 Å². The van der Waals surface area contributed by atoms with Crippen molar-refractivity contribution in [1.29, 1.82) is 0 Å². The molecule has 2 aromatic rings. The van der Waals surface area contributed by atoms with Crippen molar-refractivity contribution in [2.75, 3.05) is 31.8 Å². The number of rotatable bonds is 7. The van der Waals surface area contributed by atoms with Crippen molar-refractivity contribution in [1.82, 2.24) is 4.90 Å². The number of hydrogen-bond acceptors (Lipinski definition) is 6. The van der Waals surface area contributed by atoms with Crippen molar-refractivity contribution in [3.05, 3.63) is 46.2 Å². The fourth-order valence-corrected chi connectivity index (χ4v) is 3.50. The lowest BCUT2D eigenvalue weighted by atomic mass is 10.3. The van der Waals surface area contributed by atoms with Gasteiger partial charge in [0.2, 0.25) is 5.91 Å². The van der Waals surface area contributed by atoms with Crippen LogP contribution < -0.4 is 5.32 Å². The van der Waals surface area contributed by atoms with Crippen molar-refractivity contribution in [3.63, 3.8) is 0 Å². The van der Waals surface area contributed by atoms with Gasteiger partial charge in [-0.3, -0.25) is 9.59 Å². The molecule has 0 unspecified atom stereocenters. The van der Waals surface area contributed by atoms with Crippen molar-refractivity contribution in [2.45, 2.75) is 11.8 Å². The van der Waals surface area contributed by atoms with Gasteiger partial charge in [-0.05, 0) is 42.3 Å². The first-order chi connectivity index (χ1) is 12.4. The van der Waals surface area contributed by atoms with Crippen LogP contribution in [0.15, 0.2) is 40.6 Å². The Morgan fingerprint density at radius 1 is 1.23 bits per heavy atom. The van der Waals surface area contributed by atoms with E-state index >= 15 is 0 Å². The molecule has 0 bridgehead atoms. The number of amides is 2. The Bertz CT molecular complexity index is 804. The number of thiophene rings is 1. The van der Waals surface area contributed by atoms with E-state index in [0.29, 0.717) is 10.6 Å². The number of ether oxygens (including phenoxy) is 1. The van der Waals surface area contributed by atoms with Gasteiger partial charge in [-0.15, -0.1) is 23.1 Å². The number of nitrogens with zero attached hydrogens (tertiary/aromatic N) is 1. The molecule has 0 aliphatic heterocycles. The number of carbonyl (C=O) groups excluding carboxylic acids is 3. The number of benzene rings is 1. The molecule has 2 rings (SSSR count). The van der Waals surface area contributed by atoms with Crippen molar-refractivity contribution >= 4 is 46.6 Å². The third-order valence-electron chi connectivity index (χ3n) is 3.56. The molecule has 2 amide bonds. The van der Waals surface area contributed by atoms with Crippen molar-refractivity contribution in [3.8, 4) is 0 Å². The summed E-state index contributed by atoms with van der Waals surface area (Å²) >= 11 is 2.79. The molecule has 8 heteroatoms. The molecule has 1 heterocycles. The maximum absolute atomic E-state index is 12.1. The molecule has 0 radical (unpaired) electrons. The monoisotopic (exact) mass is 392 g/mol. The van der Waals surface area contributed by atoms with Gasteiger partial charge in [0.05, 0.1) is 12.2 Å². The lowest BCUT2D eigenvalue weighted by Crippen LogP contribution is -2.37. The average Bonchev–Trinajstić information content (AvgIpc) is 3.05. The van der Waals surface area contributed by atoms with Gasteiger partial charge in [-0.25, -0.2) is 4.79 Å². The molecule has 138 valence electrons. The zero-order chi connectivity index (χ0) is 19.1. The van der Waals surface area contributed by atoms with Crippen molar-refractivity contribution < 1.29 is 19.1 Å². The lowest BCUT2D eigenvalue weighted by molar-refractivity contribution is -0.136. The van der Waals surface area contributed by atoms with Crippen LogP contribution in [0, 0.1) is 6.92 Å². The van der Waals surface area contributed by atoms with Gasteiger partial charge in [0, 0.05) is 11.9 Å². The highest BCUT2D eigenvalue weighted by Crippen LogP contribution is 2.24. The molecular formula is C18H20N2O4S2. The SMILES string of the molecule is CSc1ccccc1NC(=O)CN(C)C(=O)COC(=O)c1sccc1C. The first-order valence-electron chi connectivity index (χ1n) is 7.80. The number of para-hydroxylation sites is 1. The van der Waals surface area contributed by atoms with Gasteiger partial charge in [0.25, 0.3) is 5.91 Å². The number of anilines is 1. The van der Waals surface area contributed by atoms with Crippen LogP contribution in [0.25, 0.3) is 0 Å². The highest BCUT2D eigenvalue weighted by atomic mass is 32.2. The number of thioether (sulfide) groups is 1. The second-order valence-electron chi connectivity index (χ2n) is 5.51. The summed E-state index contributed by atoms with van der Waals surface area (Å²) < 4.78 is 5.03. The van der Waals surface area contributed by atoms with E-state index in [9.17, 15) is 14.4 Å². The molecular weight excluding hydrogens is 372 g/mol. The Hall–Kier alpha value is -2.32. The second-order valence-corrected chi connectivity index (χ2v) is 7.27. The van der Waals surface area contributed by atoms with Crippen LogP contribution in [0.3, 0.4) is 0 Å². The van der Waals surface area contributed by atoms with Crippen LogP contribution in [0.2, 0.25) is 0 Å². The second kappa shape index (κ2) is 9.40. The van der Waals surface area contributed by atoms with E-state index in [2.05, 4.69) is 5.32 Å². The number of likely N-dealkylation sites (N-methyl/N-ethyl adjacent to an activating group) is 1. The first-order valence-corrected chi connectivity index (χ1v) is 9.91. The molecule has 6 nitrogen and oxygen atoms in total. The summed E-state index contributed by atoms with van der Waals surface area (Å²) in [6.45, 7) is 1.27. The van der Waals surface area contributed by atoms with Crippen LogP contribution >= 0.6 is 23.1 Å².